The summed E-state index contributed by atoms with van der Waals surface area (Å²) in [5, 5.41) is 10.5. The van der Waals surface area contributed by atoms with Crippen molar-refractivity contribution in [2.24, 2.45) is 0 Å². The molecule has 2 heterocycles. The normalized spacial score (nSPS) is 18.5. The number of hydrogen-bond acceptors (Lipinski definition) is 6. The Labute approximate surface area is 129 Å². The van der Waals surface area contributed by atoms with Crippen molar-refractivity contribution in [1.29, 1.82) is 0 Å². The van der Waals surface area contributed by atoms with Gasteiger partial charge in [0.05, 0.1) is 21.7 Å². The second kappa shape index (κ2) is 5.34. The Morgan fingerprint density at radius 3 is 2.90 bits per heavy atom. The summed E-state index contributed by atoms with van der Waals surface area (Å²) in [6.45, 7) is 1.56. The van der Waals surface area contributed by atoms with Gasteiger partial charge < -0.3 is 9.84 Å². The Morgan fingerprint density at radius 2 is 2.29 bits per heavy atom. The fraction of sp³-hybridized carbons (Fsp3) is 0.308. The summed E-state index contributed by atoms with van der Waals surface area (Å²) in [5.41, 5.74) is 0. The van der Waals surface area contributed by atoms with E-state index in [-0.39, 0.29) is 12.4 Å². The number of halogens is 1. The lowest BCUT2D eigenvalue weighted by Crippen LogP contribution is -2.45. The predicted octanol–water partition coefficient (Wildman–Crippen LogP) is 1.59. The third kappa shape index (κ3) is 2.53. The number of epoxide rings is 1. The average Bonchev–Trinajstić information content (AvgIpc) is 3.21. The Morgan fingerprint density at radius 1 is 1.57 bits per heavy atom. The quantitative estimate of drug-likeness (QED) is 0.866. The molecule has 0 saturated carbocycles. The van der Waals surface area contributed by atoms with Crippen LogP contribution in [0.25, 0.3) is 10.1 Å². The number of aliphatic hydroxyl groups excluding tert-OH is 1. The number of hydrogen-bond donors (Lipinski definition) is 1. The van der Waals surface area contributed by atoms with Crippen LogP contribution in [0.1, 0.15) is 6.92 Å². The van der Waals surface area contributed by atoms with Crippen LogP contribution in [-0.4, -0.2) is 40.1 Å². The zero-order valence-electron chi connectivity index (χ0n) is 10.9. The number of nitrogens with zero attached hydrogens (tertiary/aromatic N) is 2. The molecular formula is C13H11ClN2O4S. The first-order valence-electron chi connectivity index (χ1n) is 6.22. The minimum Gasteiger partial charge on any atom is -0.384 e. The second-order valence-corrected chi connectivity index (χ2v) is 5.84. The zero-order chi connectivity index (χ0) is 15.1. The smallest absolute Gasteiger partial charge is 0.266 e. The van der Waals surface area contributed by atoms with Crippen molar-refractivity contribution in [2.45, 2.75) is 19.1 Å². The molecule has 21 heavy (non-hydrogen) atoms. The highest BCUT2D eigenvalue weighted by Gasteiger charge is 2.41. The highest BCUT2D eigenvalue weighted by molar-refractivity contribution is 7.14. The summed E-state index contributed by atoms with van der Waals surface area (Å²) in [5.74, 6) is -1.14. The van der Waals surface area contributed by atoms with Gasteiger partial charge in [-0.2, -0.15) is 4.37 Å². The number of carbonyl (C=O) groups excluding carboxylic acids is 2. The number of anilines is 1. The van der Waals surface area contributed by atoms with Gasteiger partial charge >= 0.3 is 0 Å². The highest BCUT2D eigenvalue weighted by atomic mass is 35.5. The molecule has 2 aromatic rings. The van der Waals surface area contributed by atoms with Crippen LogP contribution in [0.5, 0.6) is 0 Å². The van der Waals surface area contributed by atoms with Gasteiger partial charge in [0.25, 0.3) is 11.8 Å². The van der Waals surface area contributed by atoms with Gasteiger partial charge in [0, 0.05) is 0 Å². The van der Waals surface area contributed by atoms with Crippen molar-refractivity contribution in [2.75, 3.05) is 11.5 Å². The third-order valence-corrected chi connectivity index (χ3v) is 4.16. The molecule has 1 aromatic heterocycles. The number of carbonyl (C=O) groups is 2. The van der Waals surface area contributed by atoms with Gasteiger partial charge in [-0.1, -0.05) is 17.7 Å². The van der Waals surface area contributed by atoms with Crippen molar-refractivity contribution in [3.05, 3.63) is 23.2 Å². The fourth-order valence-corrected chi connectivity index (χ4v) is 3.03. The molecule has 1 aromatic carbocycles. The Hall–Kier alpha value is -1.54. The lowest BCUT2D eigenvalue weighted by atomic mass is 10.2. The van der Waals surface area contributed by atoms with E-state index in [2.05, 4.69) is 4.37 Å². The summed E-state index contributed by atoms with van der Waals surface area (Å²) >= 11 is 7.29. The molecule has 8 heteroatoms. The van der Waals surface area contributed by atoms with Crippen molar-refractivity contribution >= 4 is 50.9 Å². The van der Waals surface area contributed by atoms with E-state index in [1.807, 2.05) is 0 Å². The number of aliphatic hydroxyl groups is 1. The first-order chi connectivity index (χ1) is 10.0. The van der Waals surface area contributed by atoms with E-state index in [1.165, 1.54) is 6.92 Å². The van der Waals surface area contributed by atoms with Gasteiger partial charge in [0.2, 0.25) is 0 Å². The van der Waals surface area contributed by atoms with Crippen LogP contribution in [0.3, 0.4) is 0 Å². The number of rotatable bonds is 3. The first kappa shape index (κ1) is 14.4. The predicted molar refractivity (Wildman–Crippen MR) is 78.5 cm³/mol. The Balaban J connectivity index is 2.14. The number of imide groups is 1. The second-order valence-electron chi connectivity index (χ2n) is 4.63. The number of fused-ring (bicyclic) bond motifs is 1. The minimum atomic E-state index is -1.33. The topological polar surface area (TPSA) is 83.0 Å². The van der Waals surface area contributed by atoms with Crippen LogP contribution >= 0.6 is 23.1 Å². The minimum absolute atomic E-state index is 0.145. The molecule has 0 bridgehead atoms. The molecule has 0 radical (unpaired) electrons. The van der Waals surface area contributed by atoms with E-state index >= 15 is 0 Å². The summed E-state index contributed by atoms with van der Waals surface area (Å²) in [4.78, 5) is 25.4. The van der Waals surface area contributed by atoms with Crippen molar-refractivity contribution < 1.29 is 19.4 Å². The molecule has 1 fully saturated rings. The number of amides is 2. The molecule has 110 valence electrons. The van der Waals surface area contributed by atoms with Crippen molar-refractivity contribution in [3.8, 4) is 0 Å². The summed E-state index contributed by atoms with van der Waals surface area (Å²) in [6.07, 6.45) is -1.99. The zero-order valence-corrected chi connectivity index (χ0v) is 12.5. The first-order valence-corrected chi connectivity index (χ1v) is 7.37. The van der Waals surface area contributed by atoms with Gasteiger partial charge in [-0.25, -0.2) is 4.90 Å². The summed E-state index contributed by atoms with van der Waals surface area (Å²) < 4.78 is 9.86. The Bertz CT molecular complexity index is 712. The van der Waals surface area contributed by atoms with Gasteiger partial charge in [0.1, 0.15) is 6.10 Å². The molecule has 2 unspecified atom stereocenters. The van der Waals surface area contributed by atoms with Gasteiger partial charge in [-0.15, -0.1) is 0 Å². The van der Waals surface area contributed by atoms with Gasteiger partial charge in [0.15, 0.2) is 11.9 Å². The van der Waals surface area contributed by atoms with E-state index in [0.29, 0.717) is 10.4 Å². The van der Waals surface area contributed by atoms with E-state index in [0.717, 1.165) is 21.1 Å². The van der Waals surface area contributed by atoms with Gasteiger partial charge in [-0.3, -0.25) is 9.59 Å². The summed E-state index contributed by atoms with van der Waals surface area (Å²) in [7, 11) is 0. The molecule has 2 atom stereocenters. The van der Waals surface area contributed by atoms with Crippen LogP contribution in [0.4, 0.5) is 5.82 Å². The van der Waals surface area contributed by atoms with Crippen LogP contribution in [-0.2, 0) is 14.3 Å². The van der Waals surface area contributed by atoms with Gasteiger partial charge in [-0.05, 0) is 30.6 Å². The largest absolute Gasteiger partial charge is 0.384 e. The van der Waals surface area contributed by atoms with Crippen LogP contribution < -0.4 is 4.90 Å². The Kier molecular flexibility index (Phi) is 3.66. The SMILES string of the molecule is CC(O)C(=O)N(C(=O)C1CO1)c1nsc2cccc(Cl)c12. The van der Waals surface area contributed by atoms with E-state index < -0.39 is 24.0 Å². The number of aromatic nitrogens is 1. The summed E-state index contributed by atoms with van der Waals surface area (Å²) in [6, 6.07) is 5.22. The van der Waals surface area contributed by atoms with E-state index in [1.54, 1.807) is 18.2 Å². The highest BCUT2D eigenvalue weighted by Crippen LogP contribution is 2.36. The standard InChI is InChI=1S/C13H11ClN2O4S/c1-6(17)12(18)16(13(19)8-5-20-8)11-10-7(14)3-2-4-9(10)21-15-11/h2-4,6,8,17H,5H2,1H3. The molecule has 2 amide bonds. The molecular weight excluding hydrogens is 316 g/mol. The maximum Gasteiger partial charge on any atom is 0.266 e. The average molecular weight is 327 g/mol. The third-order valence-electron chi connectivity index (χ3n) is 3.05. The van der Waals surface area contributed by atoms with E-state index in [4.69, 9.17) is 16.3 Å². The van der Waals surface area contributed by atoms with Crippen LogP contribution in [0, 0.1) is 0 Å². The molecule has 3 rings (SSSR count). The lowest BCUT2D eigenvalue weighted by Gasteiger charge is -2.19. The monoisotopic (exact) mass is 326 g/mol. The molecule has 1 N–H and O–H groups in total. The molecule has 0 spiro atoms. The van der Waals surface area contributed by atoms with Crippen molar-refractivity contribution in [1.82, 2.24) is 4.37 Å². The fourth-order valence-electron chi connectivity index (χ4n) is 1.93. The van der Waals surface area contributed by atoms with Crippen LogP contribution in [0.15, 0.2) is 18.2 Å². The maximum atomic E-state index is 12.3. The molecule has 1 aliphatic rings. The number of ether oxygens (including phenoxy) is 1. The maximum absolute atomic E-state index is 12.3. The molecule has 6 nitrogen and oxygen atoms in total. The lowest BCUT2D eigenvalue weighted by molar-refractivity contribution is -0.131. The van der Waals surface area contributed by atoms with Crippen molar-refractivity contribution in [3.63, 3.8) is 0 Å². The molecule has 0 aliphatic carbocycles. The molecule has 1 saturated heterocycles. The molecule has 1 aliphatic heterocycles. The van der Waals surface area contributed by atoms with E-state index in [9.17, 15) is 14.7 Å². The van der Waals surface area contributed by atoms with Crippen LogP contribution in [0.2, 0.25) is 5.02 Å². The number of benzene rings is 1.